The van der Waals surface area contributed by atoms with Gasteiger partial charge >= 0.3 is 0 Å². The van der Waals surface area contributed by atoms with Crippen LogP contribution in [0.25, 0.3) is 10.9 Å². The number of fused-ring (bicyclic) bond motifs is 2. The van der Waals surface area contributed by atoms with Crippen LogP contribution in [0, 0.1) is 6.92 Å². The molecule has 4 aromatic rings. The van der Waals surface area contributed by atoms with E-state index in [4.69, 9.17) is 4.42 Å². The van der Waals surface area contributed by atoms with Crippen molar-refractivity contribution in [1.29, 1.82) is 0 Å². The number of benzene rings is 1. The molecule has 27 heavy (non-hydrogen) atoms. The van der Waals surface area contributed by atoms with E-state index in [1.54, 1.807) is 12.6 Å². The molecule has 5 rings (SSSR count). The number of furan rings is 1. The fraction of sp³-hybridized carbons (Fsp3) is 0.190. The van der Waals surface area contributed by atoms with Crippen molar-refractivity contribution in [2.75, 3.05) is 5.32 Å². The van der Waals surface area contributed by atoms with Gasteiger partial charge in [0.25, 0.3) is 0 Å². The lowest BCUT2D eigenvalue weighted by Gasteiger charge is -2.13. The average molecular weight is 357 g/mol. The van der Waals surface area contributed by atoms with Crippen molar-refractivity contribution < 1.29 is 4.42 Å². The molecule has 3 aromatic heterocycles. The fourth-order valence-corrected chi connectivity index (χ4v) is 3.51. The molecule has 0 fully saturated rings. The van der Waals surface area contributed by atoms with Gasteiger partial charge in [-0.25, -0.2) is 9.97 Å². The molecule has 4 heterocycles. The first-order chi connectivity index (χ1) is 13.3. The summed E-state index contributed by atoms with van der Waals surface area (Å²) in [6, 6.07) is 12.2. The van der Waals surface area contributed by atoms with Crippen molar-refractivity contribution >= 4 is 22.4 Å². The number of aromatic nitrogens is 3. The minimum absolute atomic E-state index is 0.770. The normalized spacial score (nSPS) is 13.8. The molecule has 134 valence electrons. The van der Waals surface area contributed by atoms with E-state index in [2.05, 4.69) is 44.2 Å². The van der Waals surface area contributed by atoms with Gasteiger partial charge in [0.2, 0.25) is 0 Å². The van der Waals surface area contributed by atoms with Gasteiger partial charge in [-0.1, -0.05) is 18.2 Å². The summed E-state index contributed by atoms with van der Waals surface area (Å²) in [6.07, 6.45) is 5.21. The third-order valence-electron chi connectivity index (χ3n) is 4.98. The topological polar surface area (TPSA) is 67.1 Å². The third kappa shape index (κ3) is 3.04. The molecular weight excluding hydrogens is 338 g/mol. The highest BCUT2D eigenvalue weighted by Crippen LogP contribution is 2.30. The van der Waals surface area contributed by atoms with Crippen LogP contribution in [0.1, 0.15) is 22.6 Å². The molecule has 1 aliphatic rings. The zero-order valence-corrected chi connectivity index (χ0v) is 15.0. The monoisotopic (exact) mass is 357 g/mol. The highest BCUT2D eigenvalue weighted by Gasteiger charge is 2.25. The lowest BCUT2D eigenvalue weighted by atomic mass is 10.2. The van der Waals surface area contributed by atoms with E-state index in [0.29, 0.717) is 0 Å². The summed E-state index contributed by atoms with van der Waals surface area (Å²) in [5, 5.41) is 4.52. The Balaban J connectivity index is 1.39. The van der Waals surface area contributed by atoms with Crippen LogP contribution in [0.15, 0.2) is 59.6 Å². The number of pyridine rings is 1. The number of para-hydroxylation sites is 1. The molecule has 6 heteroatoms. The van der Waals surface area contributed by atoms with Crippen molar-refractivity contribution in [3.8, 4) is 0 Å². The maximum Gasteiger partial charge on any atom is 0.138 e. The van der Waals surface area contributed by atoms with Gasteiger partial charge in [-0.15, -0.1) is 0 Å². The summed E-state index contributed by atoms with van der Waals surface area (Å²) in [5.74, 6) is 1.85. The van der Waals surface area contributed by atoms with Gasteiger partial charge in [0, 0.05) is 24.0 Å². The average Bonchev–Trinajstić information content (AvgIpc) is 3.28. The van der Waals surface area contributed by atoms with E-state index in [-0.39, 0.29) is 0 Å². The summed E-state index contributed by atoms with van der Waals surface area (Å²) >= 11 is 0. The number of nitrogens with one attached hydrogen (secondary N) is 1. The molecule has 0 spiro atoms. The van der Waals surface area contributed by atoms with Crippen LogP contribution in [-0.2, 0) is 19.6 Å². The van der Waals surface area contributed by atoms with Gasteiger partial charge in [0.05, 0.1) is 35.9 Å². The molecule has 1 aromatic carbocycles. The Bertz CT molecular complexity index is 1120. The van der Waals surface area contributed by atoms with E-state index in [1.807, 2.05) is 30.5 Å². The Labute approximate surface area is 156 Å². The SMILES string of the molecule is Cc1ccoc1CN1Cc2ncnc(Nc3cnc4ccccc4c3)c2C1. The van der Waals surface area contributed by atoms with E-state index in [9.17, 15) is 0 Å². The van der Waals surface area contributed by atoms with Gasteiger partial charge in [-0.2, -0.15) is 0 Å². The zero-order valence-electron chi connectivity index (χ0n) is 15.0. The van der Waals surface area contributed by atoms with Gasteiger partial charge < -0.3 is 9.73 Å². The van der Waals surface area contributed by atoms with Gasteiger partial charge in [-0.3, -0.25) is 9.88 Å². The maximum atomic E-state index is 5.59. The summed E-state index contributed by atoms with van der Waals surface area (Å²) in [4.78, 5) is 15.8. The summed E-state index contributed by atoms with van der Waals surface area (Å²) < 4.78 is 5.59. The van der Waals surface area contributed by atoms with Crippen LogP contribution in [0.3, 0.4) is 0 Å². The Morgan fingerprint density at radius 2 is 2.04 bits per heavy atom. The first kappa shape index (κ1) is 16.0. The molecule has 0 aliphatic carbocycles. The van der Waals surface area contributed by atoms with E-state index in [1.165, 1.54) is 5.56 Å². The van der Waals surface area contributed by atoms with Crippen molar-refractivity contribution in [3.63, 3.8) is 0 Å². The predicted molar refractivity (Wildman–Crippen MR) is 103 cm³/mol. The largest absolute Gasteiger partial charge is 0.468 e. The lowest BCUT2D eigenvalue weighted by Crippen LogP contribution is -2.16. The second-order valence-corrected chi connectivity index (χ2v) is 6.86. The Morgan fingerprint density at radius 3 is 2.93 bits per heavy atom. The van der Waals surface area contributed by atoms with Crippen LogP contribution >= 0.6 is 0 Å². The Kier molecular flexibility index (Phi) is 3.83. The van der Waals surface area contributed by atoms with Gasteiger partial charge in [-0.05, 0) is 30.7 Å². The number of aryl methyl sites for hydroxylation is 1. The summed E-state index contributed by atoms with van der Waals surface area (Å²) in [7, 11) is 0. The zero-order chi connectivity index (χ0) is 18.2. The van der Waals surface area contributed by atoms with Crippen molar-refractivity contribution in [1.82, 2.24) is 19.9 Å². The van der Waals surface area contributed by atoms with Crippen LogP contribution in [0.2, 0.25) is 0 Å². The van der Waals surface area contributed by atoms with Crippen molar-refractivity contribution in [3.05, 3.63) is 77.8 Å². The van der Waals surface area contributed by atoms with E-state index >= 15 is 0 Å². The predicted octanol–water partition coefficient (Wildman–Crippen LogP) is 4.19. The number of nitrogens with zero attached hydrogens (tertiary/aromatic N) is 4. The molecule has 0 bridgehead atoms. The van der Waals surface area contributed by atoms with E-state index in [0.717, 1.165) is 59.1 Å². The first-order valence-electron chi connectivity index (χ1n) is 8.96. The first-order valence-corrected chi connectivity index (χ1v) is 8.96. The highest BCUT2D eigenvalue weighted by molar-refractivity contribution is 5.82. The Hall–Kier alpha value is -3.25. The summed E-state index contributed by atoms with van der Waals surface area (Å²) in [6.45, 7) is 4.43. The van der Waals surface area contributed by atoms with Gasteiger partial charge in [0.15, 0.2) is 0 Å². The highest BCUT2D eigenvalue weighted by atomic mass is 16.3. The van der Waals surface area contributed by atoms with Crippen LogP contribution in [0.4, 0.5) is 11.5 Å². The minimum atomic E-state index is 0.770. The van der Waals surface area contributed by atoms with Crippen molar-refractivity contribution in [2.45, 2.75) is 26.6 Å². The number of hydrogen-bond donors (Lipinski definition) is 1. The summed E-state index contributed by atoms with van der Waals surface area (Å²) in [5.41, 5.74) is 5.28. The number of rotatable bonds is 4. The second-order valence-electron chi connectivity index (χ2n) is 6.86. The van der Waals surface area contributed by atoms with Gasteiger partial charge in [0.1, 0.15) is 17.9 Å². The smallest absolute Gasteiger partial charge is 0.138 e. The number of anilines is 2. The van der Waals surface area contributed by atoms with Crippen LogP contribution < -0.4 is 5.32 Å². The van der Waals surface area contributed by atoms with Crippen molar-refractivity contribution in [2.24, 2.45) is 0 Å². The molecule has 0 unspecified atom stereocenters. The standard InChI is InChI=1S/C21H19N5O/c1-14-6-7-27-20(14)12-26-10-17-19(11-26)23-13-24-21(17)25-16-8-15-4-2-3-5-18(15)22-9-16/h2-9,13H,10-12H2,1H3,(H,23,24,25). The van der Waals surface area contributed by atoms with Crippen LogP contribution in [0.5, 0.6) is 0 Å². The molecule has 0 saturated heterocycles. The maximum absolute atomic E-state index is 5.59. The Morgan fingerprint density at radius 1 is 1.11 bits per heavy atom. The second kappa shape index (κ2) is 6.48. The molecule has 1 aliphatic heterocycles. The molecule has 0 saturated carbocycles. The molecule has 0 amide bonds. The molecule has 1 N–H and O–H groups in total. The quantitative estimate of drug-likeness (QED) is 0.591. The minimum Gasteiger partial charge on any atom is -0.468 e. The molecule has 0 atom stereocenters. The number of hydrogen-bond acceptors (Lipinski definition) is 6. The molecule has 0 radical (unpaired) electrons. The lowest BCUT2D eigenvalue weighted by molar-refractivity contribution is 0.249. The van der Waals surface area contributed by atoms with Crippen LogP contribution in [-0.4, -0.2) is 19.9 Å². The van der Waals surface area contributed by atoms with E-state index < -0.39 is 0 Å². The fourth-order valence-electron chi connectivity index (χ4n) is 3.51. The third-order valence-corrected chi connectivity index (χ3v) is 4.98. The molecule has 6 nitrogen and oxygen atoms in total. The molecular formula is C21H19N5O.